The summed E-state index contributed by atoms with van der Waals surface area (Å²) in [6.45, 7) is 4.11. The summed E-state index contributed by atoms with van der Waals surface area (Å²) in [7, 11) is 0. The SMILES string of the molecule is CC(C)(CCNc1ccc[nH]1)C(=O)O. The number of hydrogen-bond acceptors (Lipinski definition) is 2. The Bertz CT molecular complexity index is 291. The highest BCUT2D eigenvalue weighted by Gasteiger charge is 2.26. The van der Waals surface area contributed by atoms with E-state index in [-0.39, 0.29) is 0 Å². The van der Waals surface area contributed by atoms with Gasteiger partial charge in [-0.1, -0.05) is 0 Å². The molecule has 0 radical (unpaired) electrons. The lowest BCUT2D eigenvalue weighted by Crippen LogP contribution is -2.26. The molecule has 4 heteroatoms. The largest absolute Gasteiger partial charge is 0.481 e. The fourth-order valence-electron chi connectivity index (χ4n) is 1.06. The third kappa shape index (κ3) is 2.80. The smallest absolute Gasteiger partial charge is 0.309 e. The summed E-state index contributed by atoms with van der Waals surface area (Å²) in [5.41, 5.74) is -0.667. The fraction of sp³-hybridized carbons (Fsp3) is 0.500. The minimum absolute atomic E-state index is 0.599. The average Bonchev–Trinajstić information content (AvgIpc) is 2.56. The maximum Gasteiger partial charge on any atom is 0.309 e. The van der Waals surface area contributed by atoms with Crippen LogP contribution in [0.2, 0.25) is 0 Å². The molecule has 78 valence electrons. The second-order valence-electron chi connectivity index (χ2n) is 3.95. The van der Waals surface area contributed by atoms with Crippen LogP contribution >= 0.6 is 0 Å². The molecule has 4 nitrogen and oxygen atoms in total. The van der Waals surface area contributed by atoms with Gasteiger partial charge < -0.3 is 15.4 Å². The van der Waals surface area contributed by atoms with Crippen LogP contribution < -0.4 is 5.32 Å². The Labute approximate surface area is 83.3 Å². The molecule has 0 bridgehead atoms. The zero-order chi connectivity index (χ0) is 10.6. The minimum Gasteiger partial charge on any atom is -0.481 e. The predicted molar refractivity (Wildman–Crippen MR) is 55.3 cm³/mol. The Kier molecular flexibility index (Phi) is 3.17. The van der Waals surface area contributed by atoms with Gasteiger partial charge in [0.05, 0.1) is 5.41 Å². The van der Waals surface area contributed by atoms with Crippen molar-refractivity contribution in [2.24, 2.45) is 5.41 Å². The quantitative estimate of drug-likeness (QED) is 0.674. The van der Waals surface area contributed by atoms with Crippen LogP contribution in [0.3, 0.4) is 0 Å². The standard InChI is InChI=1S/C10H16N2O2/c1-10(2,9(13)14)5-7-12-8-4-3-6-11-8/h3-4,6,11-12H,5,7H2,1-2H3,(H,13,14). The van der Waals surface area contributed by atoms with E-state index in [2.05, 4.69) is 10.3 Å². The van der Waals surface area contributed by atoms with Gasteiger partial charge >= 0.3 is 5.97 Å². The van der Waals surface area contributed by atoms with Crippen molar-refractivity contribution in [3.05, 3.63) is 18.3 Å². The maximum atomic E-state index is 10.8. The number of hydrogen-bond donors (Lipinski definition) is 3. The van der Waals surface area contributed by atoms with Crippen LogP contribution in [0, 0.1) is 5.41 Å². The number of aromatic nitrogens is 1. The molecule has 0 fully saturated rings. The van der Waals surface area contributed by atoms with Gasteiger partial charge in [-0.3, -0.25) is 4.79 Å². The molecule has 0 aliphatic heterocycles. The van der Waals surface area contributed by atoms with E-state index in [9.17, 15) is 4.79 Å². The van der Waals surface area contributed by atoms with Crippen molar-refractivity contribution in [2.75, 3.05) is 11.9 Å². The molecule has 0 saturated carbocycles. The van der Waals surface area contributed by atoms with Crippen LogP contribution in [-0.4, -0.2) is 22.6 Å². The van der Waals surface area contributed by atoms with E-state index in [0.29, 0.717) is 13.0 Å². The lowest BCUT2D eigenvalue weighted by Gasteiger charge is -2.18. The topological polar surface area (TPSA) is 65.1 Å². The van der Waals surface area contributed by atoms with E-state index in [4.69, 9.17) is 5.11 Å². The zero-order valence-corrected chi connectivity index (χ0v) is 8.50. The van der Waals surface area contributed by atoms with E-state index >= 15 is 0 Å². The number of aliphatic carboxylic acids is 1. The second-order valence-corrected chi connectivity index (χ2v) is 3.95. The van der Waals surface area contributed by atoms with E-state index in [1.807, 2.05) is 18.3 Å². The minimum atomic E-state index is -0.759. The number of anilines is 1. The van der Waals surface area contributed by atoms with Crippen molar-refractivity contribution in [3.63, 3.8) is 0 Å². The lowest BCUT2D eigenvalue weighted by atomic mass is 9.90. The Morgan fingerprint density at radius 2 is 2.36 bits per heavy atom. The maximum absolute atomic E-state index is 10.8. The molecule has 1 rings (SSSR count). The first-order valence-electron chi connectivity index (χ1n) is 4.63. The number of carbonyl (C=O) groups is 1. The van der Waals surface area contributed by atoms with Gasteiger partial charge in [0, 0.05) is 12.7 Å². The van der Waals surface area contributed by atoms with Gasteiger partial charge in [-0.05, 0) is 32.4 Å². The second kappa shape index (κ2) is 4.17. The Morgan fingerprint density at radius 1 is 1.64 bits per heavy atom. The van der Waals surface area contributed by atoms with Crippen LogP contribution in [0.25, 0.3) is 0 Å². The van der Waals surface area contributed by atoms with Crippen molar-refractivity contribution in [1.82, 2.24) is 4.98 Å². The molecule has 0 aliphatic carbocycles. The third-order valence-corrected chi connectivity index (χ3v) is 2.24. The molecule has 14 heavy (non-hydrogen) atoms. The average molecular weight is 196 g/mol. The first-order chi connectivity index (χ1) is 6.52. The summed E-state index contributed by atoms with van der Waals surface area (Å²) >= 11 is 0. The number of carboxylic acids is 1. The number of carboxylic acid groups (broad SMARTS) is 1. The molecule has 1 heterocycles. The van der Waals surface area contributed by atoms with Crippen LogP contribution in [0.1, 0.15) is 20.3 Å². The molecule has 0 atom stereocenters. The monoisotopic (exact) mass is 196 g/mol. The van der Waals surface area contributed by atoms with E-state index in [1.165, 1.54) is 0 Å². The number of rotatable bonds is 5. The molecular formula is C10H16N2O2. The highest BCUT2D eigenvalue weighted by molar-refractivity contribution is 5.73. The van der Waals surface area contributed by atoms with E-state index in [0.717, 1.165) is 5.82 Å². The van der Waals surface area contributed by atoms with Gasteiger partial charge in [0.15, 0.2) is 0 Å². The van der Waals surface area contributed by atoms with E-state index in [1.54, 1.807) is 13.8 Å². The predicted octanol–water partition coefficient (Wildman–Crippen LogP) is 1.93. The van der Waals surface area contributed by atoms with Gasteiger partial charge in [-0.25, -0.2) is 0 Å². The fourth-order valence-corrected chi connectivity index (χ4v) is 1.06. The van der Waals surface area contributed by atoms with Gasteiger partial charge in [0.2, 0.25) is 0 Å². The number of H-pyrrole nitrogens is 1. The van der Waals surface area contributed by atoms with Crippen molar-refractivity contribution in [2.45, 2.75) is 20.3 Å². The number of nitrogens with one attached hydrogen (secondary N) is 2. The van der Waals surface area contributed by atoms with Gasteiger partial charge in [0.25, 0.3) is 0 Å². The Balaban J connectivity index is 2.31. The van der Waals surface area contributed by atoms with Crippen molar-refractivity contribution < 1.29 is 9.90 Å². The molecule has 0 spiro atoms. The normalized spacial score (nSPS) is 11.3. The van der Waals surface area contributed by atoms with Crippen LogP contribution in [0.15, 0.2) is 18.3 Å². The van der Waals surface area contributed by atoms with Crippen molar-refractivity contribution >= 4 is 11.8 Å². The Morgan fingerprint density at radius 3 is 2.86 bits per heavy atom. The molecule has 1 aromatic rings. The summed E-state index contributed by atoms with van der Waals surface area (Å²) in [5.74, 6) is 0.164. The summed E-state index contributed by atoms with van der Waals surface area (Å²) < 4.78 is 0. The summed E-state index contributed by atoms with van der Waals surface area (Å²) in [6, 6.07) is 3.80. The molecule has 0 saturated heterocycles. The highest BCUT2D eigenvalue weighted by atomic mass is 16.4. The summed E-state index contributed by atoms with van der Waals surface area (Å²) in [5, 5.41) is 12.0. The van der Waals surface area contributed by atoms with Crippen LogP contribution in [0.4, 0.5) is 5.82 Å². The summed E-state index contributed by atoms with van der Waals surface area (Å²) in [6.07, 6.45) is 2.42. The third-order valence-electron chi connectivity index (χ3n) is 2.24. The molecular weight excluding hydrogens is 180 g/mol. The lowest BCUT2D eigenvalue weighted by molar-refractivity contribution is -0.147. The first kappa shape index (κ1) is 10.6. The molecule has 3 N–H and O–H groups in total. The number of aromatic amines is 1. The van der Waals surface area contributed by atoms with Crippen molar-refractivity contribution in [3.8, 4) is 0 Å². The van der Waals surface area contributed by atoms with E-state index < -0.39 is 11.4 Å². The zero-order valence-electron chi connectivity index (χ0n) is 8.50. The van der Waals surface area contributed by atoms with Gasteiger partial charge in [0.1, 0.15) is 5.82 Å². The molecule has 0 aromatic carbocycles. The van der Waals surface area contributed by atoms with Crippen molar-refractivity contribution in [1.29, 1.82) is 0 Å². The molecule has 1 aromatic heterocycles. The molecule has 0 amide bonds. The van der Waals surface area contributed by atoms with Gasteiger partial charge in [-0.15, -0.1) is 0 Å². The first-order valence-corrected chi connectivity index (χ1v) is 4.63. The highest BCUT2D eigenvalue weighted by Crippen LogP contribution is 2.20. The molecule has 0 aliphatic rings. The van der Waals surface area contributed by atoms with Gasteiger partial charge in [-0.2, -0.15) is 0 Å². The van der Waals surface area contributed by atoms with Crippen LogP contribution in [-0.2, 0) is 4.79 Å². The Hall–Kier alpha value is -1.45. The molecule has 0 unspecified atom stereocenters. The summed E-state index contributed by atoms with van der Waals surface area (Å²) in [4.78, 5) is 13.8. The van der Waals surface area contributed by atoms with Crippen LogP contribution in [0.5, 0.6) is 0 Å².